The van der Waals surface area contributed by atoms with Gasteiger partial charge in [0.25, 0.3) is 0 Å². The Kier molecular flexibility index (Phi) is 4.64. The van der Waals surface area contributed by atoms with Crippen LogP contribution in [0.5, 0.6) is 0 Å². The Hall–Kier alpha value is -1.77. The molecular formula is C12H8Cl2FN3O3S. The summed E-state index contributed by atoms with van der Waals surface area (Å²) in [7, 11) is -1.70. The molecule has 1 unspecified atom stereocenters. The minimum Gasteiger partial charge on any atom is -0.476 e. The topological polar surface area (TPSA) is 106 Å². The minimum atomic E-state index is -1.70. The van der Waals surface area contributed by atoms with Gasteiger partial charge in [-0.25, -0.2) is 19.2 Å². The quantitative estimate of drug-likeness (QED) is 0.867. The number of aromatic carboxylic acids is 1. The summed E-state index contributed by atoms with van der Waals surface area (Å²) in [6.45, 7) is 0. The highest BCUT2D eigenvalue weighted by atomic mass is 35.5. The van der Waals surface area contributed by atoms with Crippen molar-refractivity contribution >= 4 is 45.8 Å². The Bertz CT molecular complexity index is 817. The van der Waals surface area contributed by atoms with Crippen molar-refractivity contribution in [1.82, 2.24) is 9.97 Å². The molecule has 1 atom stereocenters. The average molecular weight is 364 g/mol. The Morgan fingerprint density at radius 1 is 1.36 bits per heavy atom. The number of carbonyl (C=O) groups is 1. The summed E-state index contributed by atoms with van der Waals surface area (Å²) in [5.41, 5.74) is 4.78. The fourth-order valence-electron chi connectivity index (χ4n) is 1.70. The van der Waals surface area contributed by atoms with Crippen molar-refractivity contribution in [2.45, 2.75) is 4.90 Å². The van der Waals surface area contributed by atoms with Crippen LogP contribution in [0.4, 0.5) is 10.2 Å². The summed E-state index contributed by atoms with van der Waals surface area (Å²) in [5.74, 6) is -2.95. The van der Waals surface area contributed by atoms with Crippen molar-refractivity contribution < 1.29 is 18.5 Å². The third-order valence-corrected chi connectivity index (χ3v) is 4.43. The number of benzene rings is 1. The van der Waals surface area contributed by atoms with Gasteiger partial charge in [-0.05, 0) is 12.1 Å². The molecule has 0 saturated carbocycles. The molecule has 10 heteroatoms. The van der Waals surface area contributed by atoms with E-state index in [0.717, 1.165) is 0 Å². The van der Waals surface area contributed by atoms with Crippen LogP contribution in [-0.4, -0.2) is 31.5 Å². The van der Waals surface area contributed by atoms with Crippen molar-refractivity contribution in [1.29, 1.82) is 0 Å². The van der Waals surface area contributed by atoms with Gasteiger partial charge in [0.2, 0.25) is 0 Å². The van der Waals surface area contributed by atoms with E-state index in [4.69, 9.17) is 34.0 Å². The Labute approximate surface area is 136 Å². The molecule has 0 amide bonds. The number of anilines is 1. The number of aromatic nitrogens is 2. The molecule has 2 rings (SSSR count). The van der Waals surface area contributed by atoms with Gasteiger partial charge in [-0.2, -0.15) is 0 Å². The van der Waals surface area contributed by atoms with Crippen molar-refractivity contribution in [3.05, 3.63) is 33.7 Å². The fraction of sp³-hybridized carbons (Fsp3) is 0.0833. The second kappa shape index (κ2) is 6.15. The number of nitrogens with two attached hydrogens (primary N) is 1. The summed E-state index contributed by atoms with van der Waals surface area (Å²) in [6.07, 6.45) is 1.26. The van der Waals surface area contributed by atoms with Crippen LogP contribution in [-0.2, 0) is 10.8 Å². The first kappa shape index (κ1) is 16.6. The van der Waals surface area contributed by atoms with Crippen LogP contribution in [0.15, 0.2) is 17.0 Å². The van der Waals surface area contributed by atoms with Crippen LogP contribution in [0.2, 0.25) is 10.0 Å². The number of carboxylic acids is 1. The summed E-state index contributed by atoms with van der Waals surface area (Å²) in [4.78, 5) is 18.3. The van der Waals surface area contributed by atoms with E-state index in [0.29, 0.717) is 0 Å². The molecule has 1 aromatic carbocycles. The predicted octanol–water partition coefficient (Wildman–Crippen LogP) is 2.61. The lowest BCUT2D eigenvalue weighted by molar-refractivity contribution is 0.0690. The first-order valence-corrected chi connectivity index (χ1v) is 7.93. The van der Waals surface area contributed by atoms with E-state index in [1.807, 2.05) is 0 Å². The molecule has 116 valence electrons. The van der Waals surface area contributed by atoms with Crippen LogP contribution in [0.3, 0.4) is 0 Å². The number of hydrogen-bond donors (Lipinski definition) is 2. The molecule has 0 aliphatic carbocycles. The molecule has 0 fully saturated rings. The van der Waals surface area contributed by atoms with Crippen LogP contribution < -0.4 is 5.73 Å². The van der Waals surface area contributed by atoms with E-state index in [9.17, 15) is 13.4 Å². The zero-order valence-electron chi connectivity index (χ0n) is 10.9. The van der Waals surface area contributed by atoms with E-state index in [-0.39, 0.29) is 32.1 Å². The molecule has 1 heterocycles. The lowest BCUT2D eigenvalue weighted by Gasteiger charge is -2.09. The number of rotatable bonds is 3. The maximum Gasteiger partial charge on any atom is 0.356 e. The lowest BCUT2D eigenvalue weighted by atomic mass is 10.2. The second-order valence-electron chi connectivity index (χ2n) is 4.09. The molecule has 1 aromatic heterocycles. The Morgan fingerprint density at radius 2 is 2.00 bits per heavy atom. The van der Waals surface area contributed by atoms with Crippen molar-refractivity contribution in [3.63, 3.8) is 0 Å². The zero-order chi connectivity index (χ0) is 16.6. The van der Waals surface area contributed by atoms with Crippen LogP contribution in [0, 0.1) is 5.82 Å². The highest BCUT2D eigenvalue weighted by Gasteiger charge is 2.22. The van der Waals surface area contributed by atoms with E-state index in [2.05, 4.69) is 9.97 Å². The zero-order valence-corrected chi connectivity index (χ0v) is 13.3. The SMILES string of the molecule is CS(=O)c1c(Cl)ccc(-c2nc(N)c(Cl)c(C(=O)O)n2)c1F. The van der Waals surface area contributed by atoms with Crippen LogP contribution in [0.1, 0.15) is 10.5 Å². The summed E-state index contributed by atoms with van der Waals surface area (Å²) >= 11 is 11.5. The first-order chi connectivity index (χ1) is 10.2. The van der Waals surface area contributed by atoms with Gasteiger partial charge in [0.1, 0.15) is 10.8 Å². The van der Waals surface area contributed by atoms with E-state index in [1.165, 1.54) is 18.4 Å². The number of hydrogen-bond acceptors (Lipinski definition) is 5. The maximum absolute atomic E-state index is 14.5. The molecule has 6 nitrogen and oxygen atoms in total. The highest BCUT2D eigenvalue weighted by molar-refractivity contribution is 7.84. The number of halogens is 3. The van der Waals surface area contributed by atoms with Gasteiger partial charge in [-0.1, -0.05) is 23.2 Å². The van der Waals surface area contributed by atoms with Gasteiger partial charge in [0.05, 0.1) is 26.3 Å². The standard InChI is InChI=1S/C12H8Cl2FN3O3S/c1-22(21)9-5(13)3-2-4(7(9)15)11-17-8(12(19)20)6(14)10(16)18-11/h2-3H,1H3,(H,19,20)(H2,16,17,18). The maximum atomic E-state index is 14.5. The summed E-state index contributed by atoms with van der Waals surface area (Å²) < 4.78 is 26.0. The van der Waals surface area contributed by atoms with Crippen molar-refractivity contribution in [3.8, 4) is 11.4 Å². The molecule has 0 radical (unpaired) electrons. The van der Waals surface area contributed by atoms with Crippen LogP contribution in [0.25, 0.3) is 11.4 Å². The molecular weight excluding hydrogens is 356 g/mol. The molecule has 0 saturated heterocycles. The van der Waals surface area contributed by atoms with E-state index < -0.39 is 28.3 Å². The predicted molar refractivity (Wildman–Crippen MR) is 81.2 cm³/mol. The third-order valence-electron chi connectivity index (χ3n) is 2.66. The van der Waals surface area contributed by atoms with Gasteiger partial charge < -0.3 is 10.8 Å². The first-order valence-electron chi connectivity index (χ1n) is 5.62. The van der Waals surface area contributed by atoms with Crippen LogP contribution >= 0.6 is 23.2 Å². The molecule has 2 aromatic rings. The fourth-order valence-corrected chi connectivity index (χ4v) is 3.04. The lowest BCUT2D eigenvalue weighted by Crippen LogP contribution is -2.09. The van der Waals surface area contributed by atoms with Gasteiger partial charge >= 0.3 is 5.97 Å². The average Bonchev–Trinajstić information content (AvgIpc) is 2.41. The molecule has 22 heavy (non-hydrogen) atoms. The number of nitrogens with zero attached hydrogens (tertiary/aromatic N) is 2. The van der Waals surface area contributed by atoms with Gasteiger partial charge in [0, 0.05) is 6.26 Å². The third kappa shape index (κ3) is 2.90. The largest absolute Gasteiger partial charge is 0.476 e. The van der Waals surface area contributed by atoms with Crippen molar-refractivity contribution in [2.75, 3.05) is 12.0 Å². The highest BCUT2D eigenvalue weighted by Crippen LogP contribution is 2.31. The Balaban J connectivity index is 2.75. The second-order valence-corrected chi connectivity index (χ2v) is 6.19. The normalized spacial score (nSPS) is 12.2. The van der Waals surface area contributed by atoms with E-state index in [1.54, 1.807) is 0 Å². The molecule has 0 aliphatic heterocycles. The monoisotopic (exact) mass is 363 g/mol. The number of nitrogen functional groups attached to an aromatic ring is 1. The Morgan fingerprint density at radius 3 is 2.55 bits per heavy atom. The smallest absolute Gasteiger partial charge is 0.356 e. The van der Waals surface area contributed by atoms with Gasteiger partial charge in [-0.15, -0.1) is 0 Å². The molecule has 0 spiro atoms. The molecule has 0 aliphatic rings. The van der Waals surface area contributed by atoms with E-state index >= 15 is 0 Å². The van der Waals surface area contributed by atoms with Crippen molar-refractivity contribution in [2.24, 2.45) is 0 Å². The molecule has 3 N–H and O–H groups in total. The van der Waals surface area contributed by atoms with Gasteiger partial charge in [-0.3, -0.25) is 4.21 Å². The summed E-state index contributed by atoms with van der Waals surface area (Å²) in [6, 6.07) is 2.55. The summed E-state index contributed by atoms with van der Waals surface area (Å²) in [5, 5.41) is 8.66. The van der Waals surface area contributed by atoms with Gasteiger partial charge in [0.15, 0.2) is 17.3 Å². The minimum absolute atomic E-state index is 0.0255. The number of carboxylic acid groups (broad SMARTS) is 1. The molecule has 0 bridgehead atoms.